The number of hydrogen-bond acceptors (Lipinski definition) is 6. The summed E-state index contributed by atoms with van der Waals surface area (Å²) in [6.07, 6.45) is 3.46. The first kappa shape index (κ1) is 22.4. The number of likely N-dealkylation sites (N-methyl/N-ethyl adjacent to an activating group) is 1. The summed E-state index contributed by atoms with van der Waals surface area (Å²) in [5, 5.41) is 9.14. The topological polar surface area (TPSA) is 83.6 Å². The minimum Gasteiger partial charge on any atom is -0.360 e. The van der Waals surface area contributed by atoms with Crippen LogP contribution in [0.2, 0.25) is 5.02 Å². The normalized spacial score (nSPS) is 22.8. The number of nitrogens with zero attached hydrogens (tertiary/aromatic N) is 4. The van der Waals surface area contributed by atoms with Crippen molar-refractivity contribution in [2.45, 2.75) is 44.7 Å². The fraction of sp³-hybridized carbons (Fsp3) is 0.542. The van der Waals surface area contributed by atoms with Gasteiger partial charge in [-0.3, -0.25) is 14.5 Å². The number of halogens is 1. The summed E-state index contributed by atoms with van der Waals surface area (Å²) in [4.78, 5) is 30.8. The number of aromatic nitrogens is 2. The second kappa shape index (κ2) is 9.08. The molecule has 176 valence electrons. The molecule has 5 rings (SSSR count). The summed E-state index contributed by atoms with van der Waals surface area (Å²) in [5.41, 5.74) is 1.18. The molecule has 0 bridgehead atoms. The monoisotopic (exact) mass is 471 g/mol. The van der Waals surface area contributed by atoms with Crippen molar-refractivity contribution in [1.82, 2.24) is 24.8 Å². The predicted octanol–water partition coefficient (Wildman–Crippen LogP) is 2.95. The third kappa shape index (κ3) is 4.27. The Morgan fingerprint density at radius 1 is 1.21 bits per heavy atom. The maximum absolute atomic E-state index is 13.6. The first-order valence-corrected chi connectivity index (χ1v) is 12.1. The van der Waals surface area contributed by atoms with Crippen molar-refractivity contribution in [3.63, 3.8) is 0 Å². The van der Waals surface area contributed by atoms with Crippen LogP contribution in [0.3, 0.4) is 0 Å². The smallest absolute Gasteiger partial charge is 0.264 e. The fourth-order valence-corrected chi connectivity index (χ4v) is 5.61. The zero-order chi connectivity index (χ0) is 23.1. The van der Waals surface area contributed by atoms with Gasteiger partial charge >= 0.3 is 0 Å². The Hall–Kier alpha value is -2.42. The number of carbonyl (C=O) groups is 1. The van der Waals surface area contributed by atoms with Crippen molar-refractivity contribution in [2.75, 3.05) is 39.8 Å². The number of rotatable bonds is 4. The van der Waals surface area contributed by atoms with E-state index in [0.29, 0.717) is 34.7 Å². The van der Waals surface area contributed by atoms with Crippen LogP contribution in [0.4, 0.5) is 0 Å². The predicted molar refractivity (Wildman–Crippen MR) is 129 cm³/mol. The van der Waals surface area contributed by atoms with Gasteiger partial charge in [-0.1, -0.05) is 22.8 Å². The van der Waals surface area contributed by atoms with Crippen LogP contribution in [0.25, 0.3) is 21.8 Å². The highest BCUT2D eigenvalue weighted by atomic mass is 35.5. The first-order chi connectivity index (χ1) is 15.9. The summed E-state index contributed by atoms with van der Waals surface area (Å²) in [7, 11) is 2.11. The number of nitrogens with one attached hydrogen (secondary N) is 1. The lowest BCUT2D eigenvalue weighted by Crippen LogP contribution is -2.50. The Balaban J connectivity index is 1.40. The van der Waals surface area contributed by atoms with Crippen molar-refractivity contribution in [1.29, 1.82) is 0 Å². The van der Waals surface area contributed by atoms with Gasteiger partial charge in [0.05, 0.1) is 17.1 Å². The summed E-state index contributed by atoms with van der Waals surface area (Å²) in [6, 6.07) is 5.60. The number of carbonyl (C=O) groups excluding carboxylic acids is 1. The summed E-state index contributed by atoms with van der Waals surface area (Å²) < 4.78 is 7.22. The fourth-order valence-electron chi connectivity index (χ4n) is 5.35. The van der Waals surface area contributed by atoms with Crippen LogP contribution in [0.1, 0.15) is 37.5 Å². The minimum atomic E-state index is -0.104. The molecule has 0 spiro atoms. The standard InChI is InChI=1S/C24H30ClN5O3/c1-15-21-23(27-33-15)22-18(25)7-4-8-19(22)30(24(21)32)17-6-3-5-16(13-17)26-20(31)14-29-11-9-28(2)10-12-29/h4,7-8,16-17H,3,5-6,9-14H2,1-2H3,(H,26,31). The van der Waals surface area contributed by atoms with Gasteiger partial charge in [-0.15, -0.1) is 0 Å². The van der Waals surface area contributed by atoms with Crippen molar-refractivity contribution in [2.24, 2.45) is 0 Å². The lowest BCUT2D eigenvalue weighted by molar-refractivity contribution is -0.123. The Kier molecular flexibility index (Phi) is 6.16. The molecule has 2 atom stereocenters. The number of pyridine rings is 1. The van der Waals surface area contributed by atoms with Gasteiger partial charge in [0.2, 0.25) is 5.91 Å². The molecule has 2 aromatic heterocycles. The Labute approximate surface area is 197 Å². The van der Waals surface area contributed by atoms with Gasteiger partial charge in [0.1, 0.15) is 16.7 Å². The van der Waals surface area contributed by atoms with E-state index in [2.05, 4.69) is 27.3 Å². The van der Waals surface area contributed by atoms with Gasteiger partial charge in [0.15, 0.2) is 0 Å². The third-order valence-electron chi connectivity index (χ3n) is 7.12. The zero-order valence-corrected chi connectivity index (χ0v) is 19.9. The van der Waals surface area contributed by atoms with E-state index in [1.165, 1.54) is 0 Å². The van der Waals surface area contributed by atoms with Gasteiger partial charge in [0.25, 0.3) is 5.56 Å². The zero-order valence-electron chi connectivity index (χ0n) is 19.1. The Morgan fingerprint density at radius 2 is 2.00 bits per heavy atom. The molecule has 1 amide bonds. The molecule has 1 saturated carbocycles. The molecule has 3 heterocycles. The molecule has 8 nitrogen and oxygen atoms in total. The Bertz CT molecular complexity index is 1240. The number of benzene rings is 1. The van der Waals surface area contributed by atoms with E-state index in [4.69, 9.17) is 16.1 Å². The maximum Gasteiger partial charge on any atom is 0.264 e. The van der Waals surface area contributed by atoms with Crippen molar-refractivity contribution < 1.29 is 9.32 Å². The molecular formula is C24H30ClN5O3. The number of fused-ring (bicyclic) bond motifs is 3. The van der Waals surface area contributed by atoms with Crippen LogP contribution >= 0.6 is 11.6 Å². The second-order valence-corrected chi connectivity index (χ2v) is 9.84. The van der Waals surface area contributed by atoms with Gasteiger partial charge in [-0.2, -0.15) is 0 Å². The van der Waals surface area contributed by atoms with E-state index in [1.54, 1.807) is 6.92 Å². The highest BCUT2D eigenvalue weighted by molar-refractivity contribution is 6.37. The quantitative estimate of drug-likeness (QED) is 0.630. The first-order valence-electron chi connectivity index (χ1n) is 11.7. The molecule has 2 unspecified atom stereocenters. The second-order valence-electron chi connectivity index (χ2n) is 9.44. The van der Waals surface area contributed by atoms with Crippen LogP contribution < -0.4 is 10.9 Å². The van der Waals surface area contributed by atoms with E-state index in [9.17, 15) is 9.59 Å². The summed E-state index contributed by atoms with van der Waals surface area (Å²) in [6.45, 7) is 5.99. The molecule has 3 aromatic rings. The number of amides is 1. The molecule has 2 aliphatic rings. The van der Waals surface area contributed by atoms with Crippen LogP contribution in [0, 0.1) is 6.92 Å². The molecule has 1 aromatic carbocycles. The van der Waals surface area contributed by atoms with Crippen molar-refractivity contribution >= 4 is 39.3 Å². The highest BCUT2D eigenvalue weighted by Gasteiger charge is 2.29. The lowest BCUT2D eigenvalue weighted by atomic mass is 9.90. The largest absolute Gasteiger partial charge is 0.360 e. The molecule has 1 aliphatic heterocycles. The van der Waals surface area contributed by atoms with Gasteiger partial charge < -0.3 is 19.3 Å². The van der Waals surface area contributed by atoms with Crippen LogP contribution in [0.5, 0.6) is 0 Å². The molecule has 33 heavy (non-hydrogen) atoms. The molecule has 1 saturated heterocycles. The number of piperazine rings is 1. The van der Waals surface area contributed by atoms with Gasteiger partial charge in [-0.25, -0.2) is 0 Å². The summed E-state index contributed by atoms with van der Waals surface area (Å²) in [5.74, 6) is 0.564. The summed E-state index contributed by atoms with van der Waals surface area (Å²) >= 11 is 6.55. The molecule has 2 fully saturated rings. The minimum absolute atomic E-state index is 0.0279. The van der Waals surface area contributed by atoms with E-state index >= 15 is 0 Å². The Morgan fingerprint density at radius 3 is 2.79 bits per heavy atom. The highest BCUT2D eigenvalue weighted by Crippen LogP contribution is 2.35. The van der Waals surface area contributed by atoms with Gasteiger partial charge in [0, 0.05) is 43.6 Å². The number of aryl methyl sites for hydroxylation is 1. The van der Waals surface area contributed by atoms with Crippen LogP contribution in [-0.4, -0.2) is 71.2 Å². The molecule has 1 N–H and O–H groups in total. The van der Waals surface area contributed by atoms with E-state index in [0.717, 1.165) is 56.3 Å². The number of hydrogen-bond donors (Lipinski definition) is 1. The SMILES string of the molecule is Cc1onc2c1c(=O)n(C1CCCC(NC(=O)CN3CCN(C)CC3)C1)c1cccc(Cl)c21. The lowest BCUT2D eigenvalue weighted by Gasteiger charge is -2.34. The van der Waals surface area contributed by atoms with E-state index in [-0.39, 0.29) is 23.6 Å². The van der Waals surface area contributed by atoms with E-state index < -0.39 is 0 Å². The average molecular weight is 472 g/mol. The van der Waals surface area contributed by atoms with Crippen LogP contribution in [0.15, 0.2) is 27.5 Å². The molecule has 1 aliphatic carbocycles. The average Bonchev–Trinajstić information content (AvgIpc) is 3.17. The van der Waals surface area contributed by atoms with E-state index in [1.807, 2.05) is 22.8 Å². The van der Waals surface area contributed by atoms with Crippen LogP contribution in [-0.2, 0) is 4.79 Å². The maximum atomic E-state index is 13.6. The van der Waals surface area contributed by atoms with Gasteiger partial charge in [-0.05, 0) is 51.8 Å². The third-order valence-corrected chi connectivity index (χ3v) is 7.44. The molecule has 0 radical (unpaired) electrons. The molecule has 9 heteroatoms. The van der Waals surface area contributed by atoms with Crippen molar-refractivity contribution in [3.05, 3.63) is 39.3 Å². The van der Waals surface area contributed by atoms with Crippen molar-refractivity contribution in [3.8, 4) is 0 Å². The molecular weight excluding hydrogens is 442 g/mol.